The van der Waals surface area contributed by atoms with Crippen molar-refractivity contribution in [1.29, 1.82) is 0 Å². The predicted molar refractivity (Wildman–Crippen MR) is 63.7 cm³/mol. The summed E-state index contributed by atoms with van der Waals surface area (Å²) in [5, 5.41) is -0.314. The smallest absolute Gasteiger partial charge is 0.226 e. The van der Waals surface area contributed by atoms with Crippen LogP contribution in [-0.2, 0) is 11.2 Å². The number of hydrogen-bond acceptors (Lipinski definition) is 1. The Labute approximate surface area is 92.1 Å². The quantitative estimate of drug-likeness (QED) is 0.679. The van der Waals surface area contributed by atoms with E-state index in [9.17, 15) is 4.79 Å². The van der Waals surface area contributed by atoms with Crippen molar-refractivity contribution >= 4 is 16.8 Å². The van der Waals surface area contributed by atoms with Crippen molar-refractivity contribution in [2.75, 3.05) is 0 Å². The molecule has 0 amide bonds. The lowest BCUT2D eigenvalue weighted by Crippen LogP contribution is -1.91. The minimum atomic E-state index is -0.314. The Bertz CT molecular complexity index is 219. The van der Waals surface area contributed by atoms with E-state index in [-0.39, 0.29) is 5.24 Å². The molecule has 0 unspecified atom stereocenters. The summed E-state index contributed by atoms with van der Waals surface area (Å²) in [6.45, 7) is 8.00. The molecular formula is C12H19ClO. The van der Waals surface area contributed by atoms with Gasteiger partial charge in [0.25, 0.3) is 0 Å². The maximum absolute atomic E-state index is 10.4. The van der Waals surface area contributed by atoms with Crippen molar-refractivity contribution < 1.29 is 4.79 Å². The lowest BCUT2D eigenvalue weighted by Gasteiger charge is -1.92. The highest BCUT2D eigenvalue weighted by atomic mass is 35.5. The van der Waals surface area contributed by atoms with Crippen LogP contribution in [0.2, 0.25) is 0 Å². The third-order valence-corrected chi connectivity index (χ3v) is 1.32. The van der Waals surface area contributed by atoms with Crippen LogP contribution >= 0.6 is 11.6 Å². The van der Waals surface area contributed by atoms with Crippen LogP contribution < -0.4 is 0 Å². The lowest BCUT2D eigenvalue weighted by molar-refractivity contribution is -0.111. The molecule has 0 radical (unpaired) electrons. The summed E-state index contributed by atoms with van der Waals surface area (Å²) in [6.07, 6.45) is 0.322. The van der Waals surface area contributed by atoms with E-state index in [0.717, 1.165) is 5.56 Å². The van der Waals surface area contributed by atoms with Gasteiger partial charge in [0.1, 0.15) is 0 Å². The second-order valence-corrected chi connectivity index (χ2v) is 2.44. The zero-order valence-corrected chi connectivity index (χ0v) is 10.1. The summed E-state index contributed by atoms with van der Waals surface area (Å²) in [6, 6.07) is 9.42. The number of hydrogen-bond donors (Lipinski definition) is 0. The molecule has 0 bridgehead atoms. The zero-order valence-electron chi connectivity index (χ0n) is 9.38. The van der Waals surface area contributed by atoms with Gasteiger partial charge in [0.15, 0.2) is 0 Å². The molecule has 80 valence electrons. The Hall–Kier alpha value is -0.820. The van der Waals surface area contributed by atoms with E-state index in [1.165, 1.54) is 0 Å². The van der Waals surface area contributed by atoms with Gasteiger partial charge >= 0.3 is 0 Å². The summed E-state index contributed by atoms with van der Waals surface area (Å²) in [4.78, 5) is 10.4. The van der Waals surface area contributed by atoms with Crippen molar-refractivity contribution in [3.8, 4) is 0 Å². The van der Waals surface area contributed by atoms with Crippen LogP contribution in [0.5, 0.6) is 0 Å². The van der Waals surface area contributed by atoms with Gasteiger partial charge in [-0.15, -0.1) is 0 Å². The SMILES string of the molecule is CC.CC.O=C(Cl)Cc1ccccc1. The molecule has 14 heavy (non-hydrogen) atoms. The molecule has 0 aromatic heterocycles. The van der Waals surface area contributed by atoms with E-state index >= 15 is 0 Å². The van der Waals surface area contributed by atoms with Gasteiger partial charge in [-0.1, -0.05) is 58.0 Å². The molecule has 0 N–H and O–H groups in total. The van der Waals surface area contributed by atoms with Crippen LogP contribution in [0.3, 0.4) is 0 Å². The normalized spacial score (nSPS) is 7.50. The average Bonchev–Trinajstić information content (AvgIpc) is 2.24. The maximum Gasteiger partial charge on any atom is 0.226 e. The van der Waals surface area contributed by atoms with Crippen molar-refractivity contribution in [2.24, 2.45) is 0 Å². The highest BCUT2D eigenvalue weighted by Crippen LogP contribution is 2.00. The number of carbonyl (C=O) groups excluding carboxylic acids is 1. The predicted octanol–water partition coefficient (Wildman–Crippen LogP) is 4.05. The molecule has 0 saturated heterocycles. The summed E-state index contributed by atoms with van der Waals surface area (Å²) in [7, 11) is 0. The van der Waals surface area contributed by atoms with Crippen molar-refractivity contribution in [3.63, 3.8) is 0 Å². The van der Waals surface area contributed by atoms with Crippen molar-refractivity contribution in [1.82, 2.24) is 0 Å². The fourth-order valence-electron chi connectivity index (χ4n) is 0.756. The molecular weight excluding hydrogens is 196 g/mol. The molecule has 1 aromatic rings. The summed E-state index contributed by atoms with van der Waals surface area (Å²) >= 11 is 5.17. The number of carbonyl (C=O) groups is 1. The fraction of sp³-hybridized carbons (Fsp3) is 0.417. The molecule has 0 aliphatic rings. The molecule has 0 aliphatic carbocycles. The van der Waals surface area contributed by atoms with Gasteiger partial charge in [-0.3, -0.25) is 4.79 Å². The zero-order chi connectivity index (χ0) is 11.4. The van der Waals surface area contributed by atoms with Crippen molar-refractivity contribution in [2.45, 2.75) is 34.1 Å². The number of rotatable bonds is 2. The Balaban J connectivity index is 0. The summed E-state index contributed by atoms with van der Waals surface area (Å²) < 4.78 is 0. The first-order valence-electron chi connectivity index (χ1n) is 5.01. The second-order valence-electron chi connectivity index (χ2n) is 2.02. The Kier molecular flexibility index (Phi) is 13.6. The van der Waals surface area contributed by atoms with Crippen LogP contribution in [0.4, 0.5) is 0 Å². The monoisotopic (exact) mass is 214 g/mol. The Morgan fingerprint density at radius 3 is 1.86 bits per heavy atom. The summed E-state index contributed by atoms with van der Waals surface area (Å²) in [5.41, 5.74) is 0.961. The highest BCUT2D eigenvalue weighted by molar-refractivity contribution is 6.63. The van der Waals surface area contributed by atoms with Gasteiger partial charge in [0, 0.05) is 6.42 Å². The number of benzene rings is 1. The van der Waals surface area contributed by atoms with Gasteiger partial charge in [0.2, 0.25) is 5.24 Å². The third-order valence-electron chi connectivity index (χ3n) is 1.19. The minimum Gasteiger partial charge on any atom is -0.281 e. The topological polar surface area (TPSA) is 17.1 Å². The number of halogens is 1. The molecule has 0 fully saturated rings. The van der Waals surface area contributed by atoms with Crippen LogP contribution in [0.1, 0.15) is 33.3 Å². The maximum atomic E-state index is 10.4. The molecule has 0 atom stereocenters. The van der Waals surface area contributed by atoms with E-state index in [1.807, 2.05) is 58.0 Å². The van der Waals surface area contributed by atoms with E-state index in [4.69, 9.17) is 11.6 Å². The molecule has 0 aliphatic heterocycles. The third kappa shape index (κ3) is 9.27. The lowest BCUT2D eigenvalue weighted by atomic mass is 10.2. The molecule has 1 rings (SSSR count). The first kappa shape index (κ1) is 15.6. The van der Waals surface area contributed by atoms with Gasteiger partial charge in [-0.05, 0) is 17.2 Å². The first-order valence-corrected chi connectivity index (χ1v) is 5.39. The highest BCUT2D eigenvalue weighted by Gasteiger charge is 1.95. The molecule has 2 heteroatoms. The van der Waals surface area contributed by atoms with Crippen molar-refractivity contribution in [3.05, 3.63) is 35.9 Å². The van der Waals surface area contributed by atoms with E-state index in [1.54, 1.807) is 0 Å². The molecule has 1 aromatic carbocycles. The molecule has 0 heterocycles. The fourth-order valence-corrected chi connectivity index (χ4v) is 0.911. The van der Waals surface area contributed by atoms with Gasteiger partial charge < -0.3 is 0 Å². The Morgan fingerprint density at radius 2 is 1.50 bits per heavy atom. The van der Waals surface area contributed by atoms with Crippen LogP contribution in [0.15, 0.2) is 30.3 Å². The van der Waals surface area contributed by atoms with Gasteiger partial charge in [0.05, 0.1) is 0 Å². The van der Waals surface area contributed by atoms with E-state index < -0.39 is 0 Å². The molecule has 1 nitrogen and oxygen atoms in total. The van der Waals surface area contributed by atoms with Crippen LogP contribution in [0.25, 0.3) is 0 Å². The molecule has 0 spiro atoms. The van der Waals surface area contributed by atoms with E-state index in [0.29, 0.717) is 6.42 Å². The second kappa shape index (κ2) is 12.2. The average molecular weight is 215 g/mol. The first-order chi connectivity index (χ1) is 6.79. The van der Waals surface area contributed by atoms with Gasteiger partial charge in [-0.2, -0.15) is 0 Å². The minimum absolute atomic E-state index is 0.314. The van der Waals surface area contributed by atoms with E-state index in [2.05, 4.69) is 0 Å². The summed E-state index contributed by atoms with van der Waals surface area (Å²) in [5.74, 6) is 0. The molecule has 0 saturated carbocycles. The standard InChI is InChI=1S/C8H7ClO.2C2H6/c9-8(10)6-7-4-2-1-3-5-7;2*1-2/h1-5H,6H2;2*1-2H3. The Morgan fingerprint density at radius 1 is 1.07 bits per heavy atom. The largest absolute Gasteiger partial charge is 0.281 e. The van der Waals surface area contributed by atoms with Gasteiger partial charge in [-0.25, -0.2) is 0 Å². The van der Waals surface area contributed by atoms with Crippen LogP contribution in [-0.4, -0.2) is 5.24 Å². The van der Waals surface area contributed by atoms with Crippen LogP contribution in [0, 0.1) is 0 Å².